The Hall–Kier alpha value is -3.45. The molecule has 0 bridgehead atoms. The molecule has 0 aliphatic carbocycles. The first kappa shape index (κ1) is 21.8. The van der Waals surface area contributed by atoms with Crippen LogP contribution in [0, 0.1) is 11.6 Å². The third kappa shape index (κ3) is 4.29. The maximum absolute atomic E-state index is 14.5. The summed E-state index contributed by atoms with van der Waals surface area (Å²) in [6.45, 7) is -2.87. The number of carbonyl (C=O) groups excluding carboxylic acids is 1. The van der Waals surface area contributed by atoms with Crippen LogP contribution in [0.3, 0.4) is 0 Å². The van der Waals surface area contributed by atoms with Crippen LogP contribution in [0.15, 0.2) is 24.7 Å². The van der Waals surface area contributed by atoms with Gasteiger partial charge in [0.2, 0.25) is 5.91 Å². The maximum Gasteiger partial charge on any atom is 0.405 e. The van der Waals surface area contributed by atoms with Crippen LogP contribution in [-0.2, 0) is 4.79 Å². The molecular weight excluding hydrogens is 449 g/mol. The monoisotopic (exact) mass is 464 g/mol. The first-order valence-corrected chi connectivity index (χ1v) is 9.08. The summed E-state index contributed by atoms with van der Waals surface area (Å²) in [5.41, 5.74) is 0.435. The van der Waals surface area contributed by atoms with E-state index >= 15 is 0 Å². The van der Waals surface area contributed by atoms with Gasteiger partial charge in [-0.1, -0.05) is 0 Å². The van der Waals surface area contributed by atoms with Gasteiger partial charge < -0.3 is 15.2 Å². The standard InChI is InChI=1S/C18H13F7N6O.H2/c19-8-1-9-10(4-27-13(9)26-3-8)14-28-5-11(20)15(30-14)31-7-17(21,22)2-12(31)16(32)29-6-18(23,24)25;/h1,3-5,12H,2,6-7H2,(H,26,27)(H,29,32);1H/t12-;/m1./s1. The van der Waals surface area contributed by atoms with Crippen molar-refractivity contribution in [3.63, 3.8) is 0 Å². The van der Waals surface area contributed by atoms with Crippen molar-refractivity contribution in [1.29, 1.82) is 0 Å². The molecule has 32 heavy (non-hydrogen) atoms. The number of carbonyl (C=O) groups is 1. The number of aromatic nitrogens is 4. The summed E-state index contributed by atoms with van der Waals surface area (Å²) in [5.74, 6) is -7.56. The van der Waals surface area contributed by atoms with Crippen molar-refractivity contribution in [1.82, 2.24) is 25.3 Å². The van der Waals surface area contributed by atoms with E-state index in [4.69, 9.17) is 0 Å². The summed E-state index contributed by atoms with van der Waals surface area (Å²) in [4.78, 5) is 27.1. The summed E-state index contributed by atoms with van der Waals surface area (Å²) in [5, 5.41) is 1.76. The summed E-state index contributed by atoms with van der Waals surface area (Å²) >= 11 is 0. The minimum atomic E-state index is -4.76. The normalized spacial score (nSPS) is 18.3. The number of rotatable bonds is 4. The van der Waals surface area contributed by atoms with E-state index in [9.17, 15) is 35.5 Å². The number of nitrogens with one attached hydrogen (secondary N) is 2. The lowest BCUT2D eigenvalue weighted by Crippen LogP contribution is -2.46. The molecule has 0 spiro atoms. The number of H-pyrrole nitrogens is 1. The van der Waals surface area contributed by atoms with Gasteiger partial charge in [0.25, 0.3) is 5.92 Å². The molecule has 0 radical (unpaired) electrons. The van der Waals surface area contributed by atoms with Gasteiger partial charge in [0.1, 0.15) is 24.1 Å². The zero-order chi connectivity index (χ0) is 23.3. The van der Waals surface area contributed by atoms with Gasteiger partial charge >= 0.3 is 6.18 Å². The Morgan fingerprint density at radius 2 is 2.03 bits per heavy atom. The van der Waals surface area contributed by atoms with Crippen LogP contribution < -0.4 is 10.2 Å². The summed E-state index contributed by atoms with van der Waals surface area (Å²) < 4.78 is 93.4. The molecule has 0 aromatic carbocycles. The Morgan fingerprint density at radius 3 is 2.75 bits per heavy atom. The zero-order valence-electron chi connectivity index (χ0n) is 15.9. The highest BCUT2D eigenvalue weighted by Gasteiger charge is 2.49. The first-order valence-electron chi connectivity index (χ1n) is 9.08. The Morgan fingerprint density at radius 1 is 1.28 bits per heavy atom. The smallest absolute Gasteiger partial charge is 0.345 e. The van der Waals surface area contributed by atoms with E-state index < -0.39 is 61.0 Å². The largest absolute Gasteiger partial charge is 0.405 e. The third-order valence-electron chi connectivity index (χ3n) is 4.77. The van der Waals surface area contributed by atoms with Gasteiger partial charge in [-0.2, -0.15) is 13.2 Å². The number of hydrogen-bond donors (Lipinski definition) is 2. The van der Waals surface area contributed by atoms with Crippen LogP contribution in [0.5, 0.6) is 0 Å². The lowest BCUT2D eigenvalue weighted by atomic mass is 10.1. The second-order valence-electron chi connectivity index (χ2n) is 7.15. The molecule has 14 heteroatoms. The van der Waals surface area contributed by atoms with Crippen LogP contribution in [0.2, 0.25) is 0 Å². The Balaban J connectivity index is 0.00000306. The molecule has 3 aromatic rings. The van der Waals surface area contributed by atoms with Crippen molar-refractivity contribution in [2.24, 2.45) is 0 Å². The highest BCUT2D eigenvalue weighted by atomic mass is 19.4. The number of amides is 1. The number of fused-ring (bicyclic) bond motifs is 1. The number of nitrogens with zero attached hydrogens (tertiary/aromatic N) is 4. The Labute approximate surface area is 176 Å². The molecule has 0 saturated carbocycles. The van der Waals surface area contributed by atoms with Crippen LogP contribution in [0.1, 0.15) is 7.85 Å². The van der Waals surface area contributed by atoms with Gasteiger partial charge in [0.05, 0.1) is 18.9 Å². The van der Waals surface area contributed by atoms with Crippen LogP contribution >= 0.6 is 0 Å². The van der Waals surface area contributed by atoms with Gasteiger partial charge in [-0.05, 0) is 6.07 Å². The Kier molecular flexibility index (Phi) is 5.17. The maximum atomic E-state index is 14.5. The molecule has 4 heterocycles. The minimum absolute atomic E-state index is 0. The van der Waals surface area contributed by atoms with Crippen molar-refractivity contribution >= 4 is 22.8 Å². The van der Waals surface area contributed by atoms with Crippen molar-refractivity contribution in [3.8, 4) is 11.4 Å². The molecule has 1 atom stereocenters. The third-order valence-corrected chi connectivity index (χ3v) is 4.77. The van der Waals surface area contributed by atoms with Gasteiger partial charge in [-0.15, -0.1) is 0 Å². The fourth-order valence-electron chi connectivity index (χ4n) is 3.43. The summed E-state index contributed by atoms with van der Waals surface area (Å²) in [6, 6.07) is -0.690. The van der Waals surface area contributed by atoms with E-state index in [1.165, 1.54) is 11.5 Å². The molecule has 0 unspecified atom stereocenters. The van der Waals surface area contributed by atoms with Crippen LogP contribution in [-0.4, -0.2) is 57.1 Å². The van der Waals surface area contributed by atoms with Crippen molar-refractivity contribution in [2.75, 3.05) is 18.0 Å². The number of alkyl halides is 5. The topological polar surface area (TPSA) is 86.8 Å². The molecule has 7 nitrogen and oxygen atoms in total. The first-order chi connectivity index (χ1) is 14.9. The quantitative estimate of drug-likeness (QED) is 0.578. The summed E-state index contributed by atoms with van der Waals surface area (Å²) in [7, 11) is 0. The van der Waals surface area contributed by atoms with E-state index in [1.54, 1.807) is 0 Å². The van der Waals surface area contributed by atoms with Crippen LogP contribution in [0.25, 0.3) is 22.4 Å². The average molecular weight is 464 g/mol. The number of pyridine rings is 1. The fourth-order valence-corrected chi connectivity index (χ4v) is 3.43. The van der Waals surface area contributed by atoms with Gasteiger partial charge in [0.15, 0.2) is 17.5 Å². The molecule has 1 saturated heterocycles. The molecule has 172 valence electrons. The molecule has 1 aliphatic heterocycles. The van der Waals surface area contributed by atoms with Crippen LogP contribution in [0.4, 0.5) is 36.6 Å². The van der Waals surface area contributed by atoms with E-state index in [0.717, 1.165) is 12.3 Å². The fraction of sp³-hybridized carbons (Fsp3) is 0.333. The van der Waals surface area contributed by atoms with E-state index in [-0.39, 0.29) is 23.8 Å². The number of halogens is 7. The molecule has 1 aliphatic rings. The predicted molar refractivity (Wildman–Crippen MR) is 98.9 cm³/mol. The van der Waals surface area contributed by atoms with Gasteiger partial charge in [-0.25, -0.2) is 32.5 Å². The number of hydrogen-bond acceptors (Lipinski definition) is 5. The van der Waals surface area contributed by atoms with Gasteiger partial charge in [-0.3, -0.25) is 4.79 Å². The molecule has 1 amide bonds. The van der Waals surface area contributed by atoms with Gasteiger partial charge in [0, 0.05) is 25.0 Å². The second kappa shape index (κ2) is 7.60. The minimum Gasteiger partial charge on any atom is -0.345 e. The van der Waals surface area contributed by atoms with Crippen molar-refractivity contribution < 1.29 is 37.0 Å². The number of anilines is 1. The lowest BCUT2D eigenvalue weighted by molar-refractivity contribution is -0.139. The Bertz CT molecular complexity index is 1180. The van der Waals surface area contributed by atoms with E-state index in [0.29, 0.717) is 11.1 Å². The highest BCUT2D eigenvalue weighted by molar-refractivity contribution is 5.92. The lowest BCUT2D eigenvalue weighted by Gasteiger charge is -2.25. The van der Waals surface area contributed by atoms with Crippen molar-refractivity contribution in [2.45, 2.75) is 24.6 Å². The molecule has 3 aromatic heterocycles. The highest BCUT2D eigenvalue weighted by Crippen LogP contribution is 2.37. The predicted octanol–water partition coefficient (Wildman–Crippen LogP) is 3.44. The summed E-state index contributed by atoms with van der Waals surface area (Å²) in [6.07, 6.45) is -2.91. The average Bonchev–Trinajstić information content (AvgIpc) is 3.26. The molecule has 4 rings (SSSR count). The van der Waals surface area contributed by atoms with E-state index in [2.05, 4.69) is 19.9 Å². The second-order valence-corrected chi connectivity index (χ2v) is 7.15. The van der Waals surface area contributed by atoms with E-state index in [1.807, 2.05) is 0 Å². The molecule has 2 N–H and O–H groups in total. The van der Waals surface area contributed by atoms with Crippen molar-refractivity contribution in [3.05, 3.63) is 36.3 Å². The SMILES string of the molecule is O=C(NCC(F)(F)F)[C@H]1CC(F)(F)CN1c1nc(-c2c[nH]c3ncc(F)cc23)ncc1F.[HH]. The molecular formula is C18H15F7N6O. The zero-order valence-corrected chi connectivity index (χ0v) is 15.9. The number of aromatic amines is 1. The molecule has 1 fully saturated rings.